The van der Waals surface area contributed by atoms with Crippen molar-refractivity contribution in [3.05, 3.63) is 0 Å². The van der Waals surface area contributed by atoms with Crippen LogP contribution in [0.15, 0.2) is 0 Å². The number of nitrogens with one attached hydrogen (secondary N) is 2. The van der Waals surface area contributed by atoms with Crippen molar-refractivity contribution in [3.8, 4) is 0 Å². The Balaban J connectivity index is 2.21. The summed E-state index contributed by atoms with van der Waals surface area (Å²) in [6.07, 6.45) is 8.57. The second-order valence-electron chi connectivity index (χ2n) is 5.04. The van der Waals surface area contributed by atoms with Crippen LogP contribution in [0.4, 0.5) is 0 Å². The van der Waals surface area contributed by atoms with Crippen molar-refractivity contribution < 1.29 is 9.59 Å². The summed E-state index contributed by atoms with van der Waals surface area (Å²) in [4.78, 5) is 22.9. The van der Waals surface area contributed by atoms with Crippen molar-refractivity contribution in [1.29, 1.82) is 0 Å². The molecule has 0 aliphatic carbocycles. The second kappa shape index (κ2) is 10.1. The lowest BCUT2D eigenvalue weighted by Gasteiger charge is -2.07. The molecule has 0 spiro atoms. The van der Waals surface area contributed by atoms with Gasteiger partial charge in [-0.2, -0.15) is 0 Å². The fraction of sp³-hybridized carbons (Fsp3) is 0.857. The van der Waals surface area contributed by atoms with E-state index in [0.717, 1.165) is 58.0 Å². The van der Waals surface area contributed by atoms with Gasteiger partial charge in [-0.05, 0) is 32.2 Å². The van der Waals surface area contributed by atoms with Crippen molar-refractivity contribution in [2.75, 3.05) is 19.6 Å². The summed E-state index contributed by atoms with van der Waals surface area (Å²) in [5, 5.41) is 6.14. The molecular weight excluding hydrogens is 228 g/mol. The average Bonchev–Trinajstić information content (AvgIpc) is 2.35. The zero-order valence-corrected chi connectivity index (χ0v) is 11.3. The Bertz CT molecular complexity index is 228. The normalized spacial score (nSPS) is 22.4. The predicted octanol–water partition coefficient (Wildman–Crippen LogP) is 1.79. The first-order chi connectivity index (χ1) is 8.79. The lowest BCUT2D eigenvalue weighted by atomic mass is 10.1. The van der Waals surface area contributed by atoms with E-state index in [9.17, 15) is 9.59 Å². The molecule has 1 amide bonds. The summed E-state index contributed by atoms with van der Waals surface area (Å²) in [5.41, 5.74) is 0. The van der Waals surface area contributed by atoms with Gasteiger partial charge in [0.15, 0.2) is 0 Å². The molecule has 1 saturated heterocycles. The van der Waals surface area contributed by atoms with Gasteiger partial charge in [0.2, 0.25) is 5.91 Å². The summed E-state index contributed by atoms with van der Waals surface area (Å²) in [6.45, 7) is 2.19. The molecule has 1 aliphatic rings. The molecule has 0 saturated carbocycles. The Labute approximate surface area is 110 Å². The van der Waals surface area contributed by atoms with E-state index in [2.05, 4.69) is 10.6 Å². The molecular formula is C14H26N2O2. The minimum absolute atomic E-state index is 0.177. The van der Waals surface area contributed by atoms with E-state index in [1.807, 2.05) is 0 Å². The van der Waals surface area contributed by atoms with Gasteiger partial charge in [0, 0.05) is 19.4 Å². The molecule has 0 atom stereocenters. The number of carbonyl (C=O) groups is 2. The molecule has 0 aromatic heterocycles. The maximum absolute atomic E-state index is 11.5. The standard InChI is InChI=1S/C14H26N2O2/c17-13-8-4-3-7-11-16-14(18)9-5-1-2-6-10-15-12-13/h15H,1-12H2,(H,16,18). The highest BCUT2D eigenvalue weighted by Crippen LogP contribution is 2.04. The molecule has 18 heavy (non-hydrogen) atoms. The predicted molar refractivity (Wildman–Crippen MR) is 72.4 cm³/mol. The molecule has 1 aliphatic heterocycles. The van der Waals surface area contributed by atoms with Crippen molar-refractivity contribution in [2.45, 2.75) is 57.8 Å². The number of rotatable bonds is 0. The second-order valence-corrected chi connectivity index (χ2v) is 5.04. The molecule has 0 radical (unpaired) electrons. The van der Waals surface area contributed by atoms with Crippen LogP contribution in [-0.4, -0.2) is 31.3 Å². The molecule has 0 bridgehead atoms. The monoisotopic (exact) mass is 254 g/mol. The van der Waals surface area contributed by atoms with Crippen LogP contribution in [0.25, 0.3) is 0 Å². The van der Waals surface area contributed by atoms with Gasteiger partial charge in [-0.1, -0.05) is 19.3 Å². The van der Waals surface area contributed by atoms with Crippen molar-refractivity contribution >= 4 is 11.7 Å². The topological polar surface area (TPSA) is 58.2 Å². The van der Waals surface area contributed by atoms with E-state index >= 15 is 0 Å². The summed E-state index contributed by atoms with van der Waals surface area (Å²) in [6, 6.07) is 0. The van der Waals surface area contributed by atoms with Gasteiger partial charge in [0.1, 0.15) is 5.78 Å². The van der Waals surface area contributed by atoms with E-state index in [1.165, 1.54) is 0 Å². The third-order valence-corrected chi connectivity index (χ3v) is 3.28. The van der Waals surface area contributed by atoms with E-state index in [4.69, 9.17) is 0 Å². The fourth-order valence-corrected chi connectivity index (χ4v) is 2.15. The third kappa shape index (κ3) is 8.23. The van der Waals surface area contributed by atoms with Gasteiger partial charge in [0.25, 0.3) is 0 Å². The van der Waals surface area contributed by atoms with Crippen molar-refractivity contribution in [2.24, 2.45) is 0 Å². The lowest BCUT2D eigenvalue weighted by Crippen LogP contribution is -2.25. The largest absolute Gasteiger partial charge is 0.356 e. The molecule has 1 rings (SSSR count). The van der Waals surface area contributed by atoms with Crippen LogP contribution < -0.4 is 10.6 Å². The van der Waals surface area contributed by atoms with Crippen LogP contribution >= 0.6 is 0 Å². The molecule has 0 aromatic rings. The highest BCUT2D eigenvalue weighted by Gasteiger charge is 2.03. The van der Waals surface area contributed by atoms with Gasteiger partial charge in [-0.25, -0.2) is 0 Å². The summed E-state index contributed by atoms with van der Waals surface area (Å²) >= 11 is 0. The van der Waals surface area contributed by atoms with E-state index in [1.54, 1.807) is 0 Å². The van der Waals surface area contributed by atoms with E-state index in [0.29, 0.717) is 25.2 Å². The number of hydrogen-bond acceptors (Lipinski definition) is 3. The number of amides is 1. The number of Topliss-reactive ketones (excluding diaryl/α,β-unsaturated/α-hetero) is 1. The molecule has 0 aromatic carbocycles. The first-order valence-electron chi connectivity index (χ1n) is 7.28. The summed E-state index contributed by atoms with van der Waals surface area (Å²) in [5.74, 6) is 0.488. The lowest BCUT2D eigenvalue weighted by molar-refractivity contribution is -0.121. The number of ketones is 1. The SMILES string of the molecule is O=C1CCCCCNC(=O)CCCCCCNC1. The molecule has 2 N–H and O–H groups in total. The number of carbonyl (C=O) groups excluding carboxylic acids is 2. The minimum atomic E-state index is 0.177. The Morgan fingerprint density at radius 1 is 0.722 bits per heavy atom. The molecule has 1 fully saturated rings. The highest BCUT2D eigenvalue weighted by atomic mass is 16.1. The van der Waals surface area contributed by atoms with Crippen LogP contribution in [0.1, 0.15) is 57.8 Å². The zero-order valence-electron chi connectivity index (χ0n) is 11.3. The highest BCUT2D eigenvalue weighted by molar-refractivity contribution is 5.80. The smallest absolute Gasteiger partial charge is 0.219 e. The van der Waals surface area contributed by atoms with Gasteiger partial charge in [-0.15, -0.1) is 0 Å². The number of hydrogen-bond donors (Lipinski definition) is 2. The van der Waals surface area contributed by atoms with Crippen LogP contribution in [0.2, 0.25) is 0 Å². The summed E-state index contributed by atoms with van der Waals surface area (Å²) < 4.78 is 0. The minimum Gasteiger partial charge on any atom is -0.356 e. The Kier molecular flexibility index (Phi) is 8.47. The maximum Gasteiger partial charge on any atom is 0.219 e. The van der Waals surface area contributed by atoms with Gasteiger partial charge in [0.05, 0.1) is 6.54 Å². The molecule has 0 unspecified atom stereocenters. The average molecular weight is 254 g/mol. The molecule has 104 valence electrons. The van der Waals surface area contributed by atoms with Gasteiger partial charge >= 0.3 is 0 Å². The first-order valence-corrected chi connectivity index (χ1v) is 7.28. The zero-order chi connectivity index (χ0) is 13.1. The van der Waals surface area contributed by atoms with E-state index in [-0.39, 0.29) is 5.91 Å². The van der Waals surface area contributed by atoms with Crippen molar-refractivity contribution in [3.63, 3.8) is 0 Å². The van der Waals surface area contributed by atoms with Gasteiger partial charge < -0.3 is 10.6 Å². The Hall–Kier alpha value is -0.900. The van der Waals surface area contributed by atoms with Crippen LogP contribution in [0.3, 0.4) is 0 Å². The fourth-order valence-electron chi connectivity index (χ4n) is 2.15. The molecule has 4 nitrogen and oxygen atoms in total. The van der Waals surface area contributed by atoms with Gasteiger partial charge in [-0.3, -0.25) is 9.59 Å². The van der Waals surface area contributed by atoms with Crippen LogP contribution in [-0.2, 0) is 9.59 Å². The molecule has 1 heterocycles. The maximum atomic E-state index is 11.5. The van der Waals surface area contributed by atoms with Crippen LogP contribution in [0.5, 0.6) is 0 Å². The van der Waals surface area contributed by atoms with Crippen LogP contribution in [0, 0.1) is 0 Å². The Morgan fingerprint density at radius 2 is 1.39 bits per heavy atom. The Morgan fingerprint density at radius 3 is 2.28 bits per heavy atom. The molecule has 4 heteroatoms. The van der Waals surface area contributed by atoms with Crippen molar-refractivity contribution in [1.82, 2.24) is 10.6 Å². The first kappa shape index (κ1) is 15.2. The summed E-state index contributed by atoms with van der Waals surface area (Å²) in [7, 11) is 0. The quantitative estimate of drug-likeness (QED) is 0.693. The third-order valence-electron chi connectivity index (χ3n) is 3.28. The van der Waals surface area contributed by atoms with E-state index < -0.39 is 0 Å².